The highest BCUT2D eigenvalue weighted by atomic mass is 79.9. The Hall–Kier alpha value is -0.870. The van der Waals surface area contributed by atoms with Crippen molar-refractivity contribution in [3.05, 3.63) is 35.9 Å². The molecule has 0 aliphatic heterocycles. The third kappa shape index (κ3) is 3.07. The van der Waals surface area contributed by atoms with Crippen LogP contribution in [0.25, 0.3) is 0 Å². The molecule has 1 aromatic carbocycles. The molecule has 0 spiro atoms. The lowest BCUT2D eigenvalue weighted by molar-refractivity contribution is -0.147. The molecule has 0 saturated heterocycles. The van der Waals surface area contributed by atoms with Crippen molar-refractivity contribution in [2.24, 2.45) is 17.1 Å². The molecule has 0 radical (unpaired) electrons. The molecule has 3 N–H and O–H groups in total. The Morgan fingerprint density at radius 3 is 2.44 bits per heavy atom. The summed E-state index contributed by atoms with van der Waals surface area (Å²) in [6, 6.07) is 11.6. The van der Waals surface area contributed by atoms with Crippen molar-refractivity contribution in [3.63, 3.8) is 0 Å². The molecular formula is C23H31BrN2O. The summed E-state index contributed by atoms with van der Waals surface area (Å²) in [7, 11) is 0. The summed E-state index contributed by atoms with van der Waals surface area (Å²) in [5, 5.41) is 3.47. The van der Waals surface area contributed by atoms with Gasteiger partial charge >= 0.3 is 0 Å². The monoisotopic (exact) mass is 430 g/mol. The van der Waals surface area contributed by atoms with Crippen LogP contribution in [0.4, 0.5) is 0 Å². The van der Waals surface area contributed by atoms with Gasteiger partial charge in [-0.25, -0.2) is 0 Å². The van der Waals surface area contributed by atoms with E-state index in [-0.39, 0.29) is 15.2 Å². The van der Waals surface area contributed by atoms with E-state index >= 15 is 0 Å². The van der Waals surface area contributed by atoms with E-state index in [1.165, 1.54) is 24.8 Å². The molecule has 6 rings (SSSR count). The number of benzene rings is 1. The summed E-state index contributed by atoms with van der Waals surface area (Å²) < 4.78 is 0.133. The highest BCUT2D eigenvalue weighted by molar-refractivity contribution is 9.10. The number of halogens is 1. The molecule has 3 nitrogen and oxygen atoms in total. The molecule has 0 aromatic heterocycles. The van der Waals surface area contributed by atoms with Crippen LogP contribution in [-0.2, 0) is 10.2 Å². The number of carbonyl (C=O) groups is 1. The van der Waals surface area contributed by atoms with E-state index in [1.807, 2.05) is 0 Å². The van der Waals surface area contributed by atoms with Crippen molar-refractivity contribution in [2.45, 2.75) is 86.0 Å². The predicted molar refractivity (Wildman–Crippen MR) is 112 cm³/mol. The molecule has 5 aliphatic rings. The summed E-state index contributed by atoms with van der Waals surface area (Å²) >= 11 is 4.13. The molecule has 146 valence electrons. The number of hydrogen-bond acceptors (Lipinski definition) is 2. The van der Waals surface area contributed by atoms with Gasteiger partial charge in [-0.05, 0) is 81.1 Å². The van der Waals surface area contributed by atoms with Crippen molar-refractivity contribution < 1.29 is 4.79 Å². The molecule has 1 amide bonds. The van der Waals surface area contributed by atoms with Gasteiger partial charge < -0.3 is 11.1 Å². The summed E-state index contributed by atoms with van der Waals surface area (Å²) in [6.07, 6.45) is 10.9. The Morgan fingerprint density at radius 2 is 1.74 bits per heavy atom. The number of nitrogens with two attached hydrogens (primary N) is 1. The topological polar surface area (TPSA) is 55.1 Å². The van der Waals surface area contributed by atoms with Crippen LogP contribution < -0.4 is 11.1 Å². The molecule has 5 saturated carbocycles. The van der Waals surface area contributed by atoms with Gasteiger partial charge in [-0.1, -0.05) is 46.3 Å². The van der Waals surface area contributed by atoms with E-state index in [9.17, 15) is 4.79 Å². The smallest absolute Gasteiger partial charge is 0.226 e. The molecule has 4 heteroatoms. The summed E-state index contributed by atoms with van der Waals surface area (Å²) in [4.78, 5) is 13.6. The maximum absolute atomic E-state index is 13.6. The molecule has 4 bridgehead atoms. The lowest BCUT2D eigenvalue weighted by Crippen LogP contribution is -2.64. The van der Waals surface area contributed by atoms with Crippen LogP contribution in [0.5, 0.6) is 0 Å². The minimum atomic E-state index is -0.196. The highest BCUT2D eigenvalue weighted by Gasteiger charge is 2.65. The van der Waals surface area contributed by atoms with Gasteiger partial charge in [-0.2, -0.15) is 0 Å². The van der Waals surface area contributed by atoms with E-state index in [1.54, 1.807) is 0 Å². The van der Waals surface area contributed by atoms with Gasteiger partial charge in [0.2, 0.25) is 5.91 Å². The molecular weight excluding hydrogens is 400 g/mol. The van der Waals surface area contributed by atoms with Crippen LogP contribution >= 0.6 is 15.9 Å². The zero-order valence-electron chi connectivity index (χ0n) is 16.1. The minimum Gasteiger partial charge on any atom is -0.353 e. The van der Waals surface area contributed by atoms with Gasteiger partial charge in [-0.3, -0.25) is 4.79 Å². The Morgan fingerprint density at radius 1 is 1.00 bits per heavy atom. The van der Waals surface area contributed by atoms with Crippen LogP contribution in [0.2, 0.25) is 0 Å². The number of hydrogen-bond donors (Lipinski definition) is 2. The first-order valence-electron chi connectivity index (χ1n) is 10.7. The fourth-order valence-corrected chi connectivity index (χ4v) is 8.82. The fraction of sp³-hybridized carbons (Fsp3) is 0.696. The quantitative estimate of drug-likeness (QED) is 0.696. The van der Waals surface area contributed by atoms with Crippen molar-refractivity contribution in [2.75, 3.05) is 0 Å². The summed E-state index contributed by atoms with van der Waals surface area (Å²) in [5.41, 5.74) is 7.46. The second-order valence-electron chi connectivity index (χ2n) is 10.2. The van der Waals surface area contributed by atoms with Crippen LogP contribution in [0.15, 0.2) is 30.3 Å². The number of nitrogens with one attached hydrogen (secondary N) is 1. The van der Waals surface area contributed by atoms with E-state index in [0.717, 1.165) is 44.9 Å². The molecule has 27 heavy (non-hydrogen) atoms. The van der Waals surface area contributed by atoms with Gasteiger partial charge in [0.25, 0.3) is 0 Å². The maximum Gasteiger partial charge on any atom is 0.226 e. The molecule has 0 heterocycles. The normalized spacial score (nSPS) is 45.6. The van der Waals surface area contributed by atoms with Gasteiger partial charge in [0.05, 0.1) is 5.41 Å². The van der Waals surface area contributed by atoms with Crippen LogP contribution in [0.1, 0.15) is 69.8 Å². The first-order chi connectivity index (χ1) is 12.9. The van der Waals surface area contributed by atoms with E-state index < -0.39 is 0 Å². The Labute approximate surface area is 171 Å². The van der Waals surface area contributed by atoms with E-state index in [4.69, 9.17) is 5.73 Å². The van der Waals surface area contributed by atoms with Gasteiger partial charge in [0.1, 0.15) is 0 Å². The Kier molecular flexibility index (Phi) is 4.25. The average Bonchev–Trinajstić information content (AvgIpc) is 2.62. The number of carbonyl (C=O) groups excluding carboxylic acids is 1. The van der Waals surface area contributed by atoms with Gasteiger partial charge in [-0.15, -0.1) is 0 Å². The van der Waals surface area contributed by atoms with Crippen molar-refractivity contribution in [1.82, 2.24) is 5.32 Å². The third-order valence-corrected chi connectivity index (χ3v) is 8.86. The van der Waals surface area contributed by atoms with Crippen molar-refractivity contribution >= 4 is 21.8 Å². The number of alkyl halides is 1. The van der Waals surface area contributed by atoms with Crippen molar-refractivity contribution in [1.29, 1.82) is 0 Å². The Balaban J connectivity index is 1.43. The lowest BCUT2D eigenvalue weighted by Gasteiger charge is -2.64. The van der Waals surface area contributed by atoms with E-state index in [0.29, 0.717) is 23.9 Å². The molecule has 4 unspecified atom stereocenters. The Bertz CT molecular complexity index is 731. The van der Waals surface area contributed by atoms with Gasteiger partial charge in [0, 0.05) is 16.4 Å². The lowest BCUT2D eigenvalue weighted by atomic mass is 9.42. The largest absolute Gasteiger partial charge is 0.353 e. The second kappa shape index (κ2) is 6.32. The highest BCUT2D eigenvalue weighted by Crippen LogP contribution is 2.69. The number of rotatable bonds is 3. The van der Waals surface area contributed by atoms with Crippen LogP contribution in [0, 0.1) is 11.3 Å². The summed E-state index contributed by atoms with van der Waals surface area (Å²) in [6.45, 7) is 0. The molecule has 4 atom stereocenters. The van der Waals surface area contributed by atoms with E-state index in [2.05, 4.69) is 51.6 Å². The first kappa shape index (κ1) is 18.2. The predicted octanol–water partition coefficient (Wildman–Crippen LogP) is 4.43. The van der Waals surface area contributed by atoms with Crippen LogP contribution in [-0.4, -0.2) is 22.3 Å². The minimum absolute atomic E-state index is 0.133. The summed E-state index contributed by atoms with van der Waals surface area (Å²) in [5.74, 6) is 0.988. The van der Waals surface area contributed by atoms with Crippen molar-refractivity contribution in [3.8, 4) is 0 Å². The van der Waals surface area contributed by atoms with Crippen LogP contribution in [0.3, 0.4) is 0 Å². The third-order valence-electron chi connectivity index (χ3n) is 7.98. The SMILES string of the molecule is N[C@H]1CC[C@H](NC(=O)C23CC4CC(Br)(C2)CC(c2ccccc2)(C4)C3)CC1. The second-order valence-corrected chi connectivity index (χ2v) is 11.9. The maximum atomic E-state index is 13.6. The molecule has 1 aromatic rings. The number of amides is 1. The molecule has 5 aliphatic carbocycles. The zero-order chi connectivity index (χ0) is 18.7. The molecule has 5 fully saturated rings. The zero-order valence-corrected chi connectivity index (χ0v) is 17.6. The van der Waals surface area contributed by atoms with Gasteiger partial charge in [0.15, 0.2) is 0 Å². The standard InChI is InChI=1S/C23H31BrN2O/c24-23-12-16-10-21(14-23,17-4-2-1-3-5-17)13-22(11-16,15-23)20(27)26-19-8-6-18(25)7-9-19/h1-5,16,18-19H,6-15,25H2,(H,26,27)/t16?,18-,19-,21?,22?,23?. The first-order valence-corrected chi connectivity index (χ1v) is 11.5. The fourth-order valence-electron chi connectivity index (χ4n) is 7.29. The average molecular weight is 431 g/mol.